The molecule has 1 N–H and O–H groups in total. The van der Waals surface area contributed by atoms with Crippen LogP contribution in [-0.4, -0.2) is 27.3 Å². The third kappa shape index (κ3) is 2.61. The van der Waals surface area contributed by atoms with Gasteiger partial charge in [-0.3, -0.25) is 9.52 Å². The first kappa shape index (κ1) is 17.0. The maximum absolute atomic E-state index is 12.9. The lowest BCUT2D eigenvalue weighted by Gasteiger charge is -2.13. The largest absolute Gasteiger partial charge is 0.545 e. The molecule has 0 unspecified atom stereocenters. The molecule has 1 amide bonds. The van der Waals surface area contributed by atoms with Crippen molar-refractivity contribution >= 4 is 44.0 Å². The van der Waals surface area contributed by atoms with E-state index in [9.17, 15) is 23.1 Å². The van der Waals surface area contributed by atoms with Crippen molar-refractivity contribution in [3.05, 3.63) is 65.7 Å². The zero-order valence-electron chi connectivity index (χ0n) is 14.1. The number of amides is 1. The number of rotatable bonds is 4. The Morgan fingerprint density at radius 2 is 1.74 bits per heavy atom. The number of anilines is 2. The topological polar surface area (TPSA) is 107 Å². The number of carbonyl (C=O) groups is 2. The highest BCUT2D eigenvalue weighted by Crippen LogP contribution is 2.39. The zero-order chi connectivity index (χ0) is 19.3. The van der Waals surface area contributed by atoms with Gasteiger partial charge < -0.3 is 14.8 Å². The molecule has 7 nitrogen and oxygen atoms in total. The minimum atomic E-state index is -3.96. The van der Waals surface area contributed by atoms with Crippen LogP contribution in [0.5, 0.6) is 0 Å². The number of aromatic carboxylic acids is 1. The second kappa shape index (κ2) is 5.82. The molecular weight excluding hydrogens is 368 g/mol. The Bertz CT molecular complexity index is 1220. The predicted molar refractivity (Wildman–Crippen MR) is 98.3 cm³/mol. The van der Waals surface area contributed by atoms with Crippen LogP contribution in [-0.2, 0) is 10.0 Å². The van der Waals surface area contributed by atoms with Gasteiger partial charge >= 0.3 is 0 Å². The number of benzene rings is 3. The number of carboxylic acids is 1. The number of carbonyl (C=O) groups excluding carboxylic acids is 2. The van der Waals surface area contributed by atoms with E-state index in [1.807, 2.05) is 0 Å². The Morgan fingerprint density at radius 1 is 1.04 bits per heavy atom. The van der Waals surface area contributed by atoms with Gasteiger partial charge in [0.25, 0.3) is 15.9 Å². The Kier molecular flexibility index (Phi) is 3.67. The van der Waals surface area contributed by atoms with E-state index >= 15 is 0 Å². The van der Waals surface area contributed by atoms with Gasteiger partial charge in [-0.05, 0) is 35.9 Å². The number of sulfonamides is 1. The second-order valence-corrected chi connectivity index (χ2v) is 7.80. The van der Waals surface area contributed by atoms with Gasteiger partial charge in [0.1, 0.15) is 0 Å². The molecule has 0 aromatic heterocycles. The third-order valence-electron chi connectivity index (χ3n) is 4.54. The second-order valence-electron chi connectivity index (χ2n) is 6.15. The average Bonchev–Trinajstić information content (AvgIpc) is 2.89. The Labute approximate surface area is 154 Å². The van der Waals surface area contributed by atoms with Crippen molar-refractivity contribution in [2.24, 2.45) is 0 Å². The van der Waals surface area contributed by atoms with Gasteiger partial charge in [0.15, 0.2) is 0 Å². The van der Waals surface area contributed by atoms with Gasteiger partial charge in [0.05, 0.1) is 16.6 Å². The van der Waals surface area contributed by atoms with Crippen LogP contribution >= 0.6 is 0 Å². The molecule has 1 aliphatic heterocycles. The Balaban J connectivity index is 1.80. The third-order valence-corrected chi connectivity index (χ3v) is 5.98. The van der Waals surface area contributed by atoms with Crippen molar-refractivity contribution < 1.29 is 23.1 Å². The van der Waals surface area contributed by atoms with E-state index in [1.165, 1.54) is 35.2 Å². The van der Waals surface area contributed by atoms with Gasteiger partial charge in [-0.2, -0.15) is 0 Å². The molecule has 3 aromatic rings. The van der Waals surface area contributed by atoms with Crippen LogP contribution < -0.4 is 14.7 Å². The summed E-state index contributed by atoms with van der Waals surface area (Å²) < 4.78 is 28.2. The normalized spacial score (nSPS) is 13.2. The van der Waals surface area contributed by atoms with E-state index in [2.05, 4.69) is 4.72 Å². The van der Waals surface area contributed by atoms with Crippen molar-refractivity contribution in [1.82, 2.24) is 0 Å². The molecule has 0 atom stereocenters. The fourth-order valence-electron chi connectivity index (χ4n) is 3.23. The maximum Gasteiger partial charge on any atom is 0.262 e. The highest BCUT2D eigenvalue weighted by molar-refractivity contribution is 7.93. The first-order valence-electron chi connectivity index (χ1n) is 7.97. The summed E-state index contributed by atoms with van der Waals surface area (Å²) in [5.74, 6) is -1.53. The minimum absolute atomic E-state index is 0.0372. The molecular formula is C19H13N2O5S-. The summed E-state index contributed by atoms with van der Waals surface area (Å²) in [4.78, 5) is 24.7. The summed E-state index contributed by atoms with van der Waals surface area (Å²) in [5, 5.41) is 11.9. The number of carboxylic acid groups (broad SMARTS) is 1. The van der Waals surface area contributed by atoms with Crippen LogP contribution in [0.4, 0.5) is 11.4 Å². The molecule has 0 radical (unpaired) electrons. The first-order chi connectivity index (χ1) is 12.8. The molecule has 0 saturated carbocycles. The standard InChI is InChI=1S/C19H14N2O5S/c1-21-15-9-10-16(13-3-2-4-14(17(13)15)18(21)22)27(25,26)20-12-7-5-11(6-8-12)19(23)24/h2-10,20H,1H3,(H,23,24)/p-1. The number of nitrogens with one attached hydrogen (secondary N) is 1. The van der Waals surface area contributed by atoms with E-state index in [0.29, 0.717) is 22.0 Å². The number of hydrogen-bond donors (Lipinski definition) is 1. The van der Waals surface area contributed by atoms with E-state index in [-0.39, 0.29) is 22.1 Å². The molecule has 0 saturated heterocycles. The quantitative estimate of drug-likeness (QED) is 0.739. The molecule has 3 aromatic carbocycles. The van der Waals surface area contributed by atoms with Gasteiger partial charge in [-0.15, -0.1) is 0 Å². The van der Waals surface area contributed by atoms with E-state index in [0.717, 1.165) is 0 Å². The zero-order valence-corrected chi connectivity index (χ0v) is 14.9. The molecule has 4 rings (SSSR count). The fourth-order valence-corrected chi connectivity index (χ4v) is 4.49. The van der Waals surface area contributed by atoms with Crippen LogP contribution in [0, 0.1) is 0 Å². The van der Waals surface area contributed by atoms with Crippen LogP contribution in [0.3, 0.4) is 0 Å². The molecule has 0 bridgehead atoms. The number of nitrogens with zero attached hydrogens (tertiary/aromatic N) is 1. The van der Waals surface area contributed by atoms with Gasteiger partial charge in [0, 0.05) is 29.1 Å². The summed E-state index contributed by atoms with van der Waals surface area (Å²) in [6, 6.07) is 13.2. The average molecular weight is 381 g/mol. The Hall–Kier alpha value is -3.39. The summed E-state index contributed by atoms with van der Waals surface area (Å²) in [6.07, 6.45) is 0. The van der Waals surface area contributed by atoms with Crippen molar-refractivity contribution in [2.75, 3.05) is 16.7 Å². The molecule has 8 heteroatoms. The minimum Gasteiger partial charge on any atom is -0.545 e. The molecule has 0 spiro atoms. The lowest BCUT2D eigenvalue weighted by molar-refractivity contribution is -0.255. The summed E-state index contributed by atoms with van der Waals surface area (Å²) in [5.41, 5.74) is 1.28. The van der Waals surface area contributed by atoms with E-state index in [1.54, 1.807) is 31.3 Å². The van der Waals surface area contributed by atoms with Crippen LogP contribution in [0.15, 0.2) is 59.5 Å². The number of hydrogen-bond acceptors (Lipinski definition) is 5. The highest BCUT2D eigenvalue weighted by Gasteiger charge is 2.30. The van der Waals surface area contributed by atoms with Gasteiger partial charge in [-0.1, -0.05) is 24.3 Å². The van der Waals surface area contributed by atoms with Crippen molar-refractivity contribution in [2.45, 2.75) is 4.90 Å². The smallest absolute Gasteiger partial charge is 0.262 e. The van der Waals surface area contributed by atoms with Gasteiger partial charge in [0.2, 0.25) is 0 Å². The SMILES string of the molecule is CN1C(=O)c2cccc3c(S(=O)(=O)Nc4ccc(C(=O)[O-])cc4)ccc1c23. The molecule has 0 aliphatic carbocycles. The first-order valence-corrected chi connectivity index (χ1v) is 9.46. The predicted octanol–water partition coefficient (Wildman–Crippen LogP) is 1.59. The Morgan fingerprint density at radius 3 is 2.41 bits per heavy atom. The molecule has 0 fully saturated rings. The lowest BCUT2D eigenvalue weighted by Crippen LogP contribution is -2.22. The monoisotopic (exact) mass is 381 g/mol. The van der Waals surface area contributed by atoms with Crippen molar-refractivity contribution in [3.8, 4) is 0 Å². The summed E-state index contributed by atoms with van der Waals surface area (Å²) in [7, 11) is -2.32. The maximum atomic E-state index is 12.9. The molecule has 27 heavy (non-hydrogen) atoms. The van der Waals surface area contributed by atoms with Crippen molar-refractivity contribution in [3.63, 3.8) is 0 Å². The van der Waals surface area contributed by atoms with Crippen molar-refractivity contribution in [1.29, 1.82) is 0 Å². The van der Waals surface area contributed by atoms with Crippen LogP contribution in [0.25, 0.3) is 10.8 Å². The molecule has 1 aliphatic rings. The highest BCUT2D eigenvalue weighted by atomic mass is 32.2. The van der Waals surface area contributed by atoms with Crippen LogP contribution in [0.2, 0.25) is 0 Å². The van der Waals surface area contributed by atoms with Gasteiger partial charge in [-0.25, -0.2) is 8.42 Å². The molecule has 136 valence electrons. The van der Waals surface area contributed by atoms with E-state index < -0.39 is 16.0 Å². The lowest BCUT2D eigenvalue weighted by atomic mass is 10.1. The van der Waals surface area contributed by atoms with E-state index in [4.69, 9.17) is 0 Å². The molecule has 1 heterocycles. The summed E-state index contributed by atoms with van der Waals surface area (Å²) >= 11 is 0. The summed E-state index contributed by atoms with van der Waals surface area (Å²) in [6.45, 7) is 0. The van der Waals surface area contributed by atoms with Crippen LogP contribution in [0.1, 0.15) is 20.7 Å². The fraction of sp³-hybridized carbons (Fsp3) is 0.0526.